The van der Waals surface area contributed by atoms with Crippen molar-refractivity contribution in [2.24, 2.45) is 5.92 Å². The molecule has 4 heteroatoms. The van der Waals surface area contributed by atoms with E-state index in [-0.39, 0.29) is 0 Å². The largest absolute Gasteiger partial charge is 0.445 e. The number of nitrogens with one attached hydrogen (secondary N) is 1. The first-order valence-electron chi connectivity index (χ1n) is 6.56. The van der Waals surface area contributed by atoms with Crippen LogP contribution in [0.5, 0.6) is 0 Å². The van der Waals surface area contributed by atoms with Crippen LogP contribution in [0.3, 0.4) is 0 Å². The third-order valence-electron chi connectivity index (χ3n) is 3.48. The SMILES string of the molecule is CCNC1CCN(Cc2ncc(C)o2)CC1C. The van der Waals surface area contributed by atoms with Crippen LogP contribution >= 0.6 is 0 Å². The number of aryl methyl sites for hydroxylation is 1. The Bertz CT molecular complexity index is 350. The summed E-state index contributed by atoms with van der Waals surface area (Å²) < 4.78 is 5.53. The molecule has 2 rings (SSSR count). The Labute approximate surface area is 103 Å². The van der Waals surface area contributed by atoms with Crippen molar-refractivity contribution in [1.29, 1.82) is 0 Å². The minimum absolute atomic E-state index is 0.669. The third kappa shape index (κ3) is 3.30. The van der Waals surface area contributed by atoms with Gasteiger partial charge in [-0.3, -0.25) is 4.90 Å². The van der Waals surface area contributed by atoms with E-state index in [9.17, 15) is 0 Å². The number of rotatable bonds is 4. The van der Waals surface area contributed by atoms with Crippen molar-refractivity contribution in [1.82, 2.24) is 15.2 Å². The lowest BCUT2D eigenvalue weighted by molar-refractivity contribution is 0.131. The number of piperidine rings is 1. The van der Waals surface area contributed by atoms with E-state index in [1.807, 2.05) is 6.92 Å². The van der Waals surface area contributed by atoms with E-state index in [1.165, 1.54) is 6.42 Å². The summed E-state index contributed by atoms with van der Waals surface area (Å²) in [7, 11) is 0. The summed E-state index contributed by atoms with van der Waals surface area (Å²) in [6.45, 7) is 10.6. The molecule has 1 aliphatic rings. The second kappa shape index (κ2) is 5.65. The van der Waals surface area contributed by atoms with E-state index in [0.717, 1.165) is 37.8 Å². The summed E-state index contributed by atoms with van der Waals surface area (Å²) in [6.07, 6.45) is 3.01. The Morgan fingerprint density at radius 2 is 2.41 bits per heavy atom. The number of hydrogen-bond acceptors (Lipinski definition) is 4. The molecule has 0 bridgehead atoms. The summed E-state index contributed by atoms with van der Waals surface area (Å²) in [6, 6.07) is 0.669. The van der Waals surface area contributed by atoms with Gasteiger partial charge in [0.05, 0.1) is 12.7 Å². The smallest absolute Gasteiger partial charge is 0.208 e. The van der Waals surface area contributed by atoms with Gasteiger partial charge in [-0.2, -0.15) is 0 Å². The van der Waals surface area contributed by atoms with Gasteiger partial charge < -0.3 is 9.73 Å². The molecule has 0 aliphatic carbocycles. The summed E-state index contributed by atoms with van der Waals surface area (Å²) in [5.74, 6) is 2.44. The van der Waals surface area contributed by atoms with E-state index in [0.29, 0.717) is 12.0 Å². The summed E-state index contributed by atoms with van der Waals surface area (Å²) in [5.41, 5.74) is 0. The molecule has 0 saturated carbocycles. The second-order valence-corrected chi connectivity index (χ2v) is 5.03. The second-order valence-electron chi connectivity index (χ2n) is 5.03. The van der Waals surface area contributed by atoms with E-state index < -0.39 is 0 Å². The molecular formula is C13H23N3O. The van der Waals surface area contributed by atoms with Crippen molar-refractivity contribution in [3.8, 4) is 0 Å². The molecule has 4 nitrogen and oxygen atoms in total. The van der Waals surface area contributed by atoms with Crippen LogP contribution in [0.2, 0.25) is 0 Å². The van der Waals surface area contributed by atoms with Crippen LogP contribution < -0.4 is 5.32 Å². The van der Waals surface area contributed by atoms with Crippen LogP contribution in [-0.4, -0.2) is 35.6 Å². The first-order chi connectivity index (χ1) is 8.19. The quantitative estimate of drug-likeness (QED) is 0.867. The van der Waals surface area contributed by atoms with Gasteiger partial charge in [-0.15, -0.1) is 0 Å². The van der Waals surface area contributed by atoms with E-state index in [1.54, 1.807) is 6.20 Å². The molecule has 1 N–H and O–H groups in total. The van der Waals surface area contributed by atoms with Gasteiger partial charge in [-0.05, 0) is 25.8 Å². The molecule has 2 unspecified atom stereocenters. The van der Waals surface area contributed by atoms with Gasteiger partial charge in [0.2, 0.25) is 5.89 Å². The highest BCUT2D eigenvalue weighted by Crippen LogP contribution is 2.18. The number of aromatic nitrogens is 1. The summed E-state index contributed by atoms with van der Waals surface area (Å²) in [5, 5.41) is 3.56. The van der Waals surface area contributed by atoms with Gasteiger partial charge in [-0.25, -0.2) is 4.98 Å². The number of nitrogens with zero attached hydrogens (tertiary/aromatic N) is 2. The monoisotopic (exact) mass is 237 g/mol. The lowest BCUT2D eigenvalue weighted by atomic mass is 9.94. The van der Waals surface area contributed by atoms with Gasteiger partial charge >= 0.3 is 0 Å². The normalized spacial score (nSPS) is 26.3. The average molecular weight is 237 g/mol. The van der Waals surface area contributed by atoms with Gasteiger partial charge in [0.25, 0.3) is 0 Å². The Kier molecular flexibility index (Phi) is 4.18. The molecular weight excluding hydrogens is 214 g/mol. The van der Waals surface area contributed by atoms with Crippen LogP contribution in [0.15, 0.2) is 10.6 Å². The van der Waals surface area contributed by atoms with E-state index in [2.05, 4.69) is 29.0 Å². The van der Waals surface area contributed by atoms with E-state index >= 15 is 0 Å². The van der Waals surface area contributed by atoms with Gasteiger partial charge in [0.15, 0.2) is 0 Å². The minimum atomic E-state index is 0.669. The van der Waals surface area contributed by atoms with Crippen LogP contribution in [0.4, 0.5) is 0 Å². The van der Waals surface area contributed by atoms with Crippen LogP contribution in [-0.2, 0) is 6.54 Å². The van der Waals surface area contributed by atoms with Crippen molar-refractivity contribution in [3.63, 3.8) is 0 Å². The summed E-state index contributed by atoms with van der Waals surface area (Å²) >= 11 is 0. The number of hydrogen-bond donors (Lipinski definition) is 1. The average Bonchev–Trinajstić information content (AvgIpc) is 2.68. The molecule has 2 heterocycles. The molecule has 2 atom stereocenters. The molecule has 96 valence electrons. The molecule has 1 saturated heterocycles. The van der Waals surface area contributed by atoms with Gasteiger partial charge in [-0.1, -0.05) is 13.8 Å². The molecule has 0 radical (unpaired) electrons. The summed E-state index contributed by atoms with van der Waals surface area (Å²) in [4.78, 5) is 6.70. The van der Waals surface area contributed by atoms with Crippen LogP contribution in [0, 0.1) is 12.8 Å². The Morgan fingerprint density at radius 3 is 3.00 bits per heavy atom. The molecule has 1 fully saturated rings. The van der Waals surface area contributed by atoms with Crippen LogP contribution in [0.1, 0.15) is 31.9 Å². The van der Waals surface area contributed by atoms with Crippen molar-refractivity contribution < 1.29 is 4.42 Å². The fraction of sp³-hybridized carbons (Fsp3) is 0.769. The Hall–Kier alpha value is -0.870. The van der Waals surface area contributed by atoms with Gasteiger partial charge in [0, 0.05) is 19.1 Å². The van der Waals surface area contributed by atoms with Crippen molar-refractivity contribution in [2.75, 3.05) is 19.6 Å². The Balaban J connectivity index is 1.85. The Morgan fingerprint density at radius 1 is 1.59 bits per heavy atom. The number of oxazole rings is 1. The van der Waals surface area contributed by atoms with Crippen LogP contribution in [0.25, 0.3) is 0 Å². The van der Waals surface area contributed by atoms with Crippen molar-refractivity contribution in [3.05, 3.63) is 17.8 Å². The fourth-order valence-electron chi connectivity index (χ4n) is 2.61. The van der Waals surface area contributed by atoms with Gasteiger partial charge in [0.1, 0.15) is 5.76 Å². The van der Waals surface area contributed by atoms with Crippen molar-refractivity contribution in [2.45, 2.75) is 39.8 Å². The first kappa shape index (κ1) is 12.6. The number of likely N-dealkylation sites (tertiary alicyclic amines) is 1. The zero-order valence-electron chi connectivity index (χ0n) is 11.1. The third-order valence-corrected chi connectivity index (χ3v) is 3.48. The predicted octanol–water partition coefficient (Wildman–Crippen LogP) is 1.80. The maximum atomic E-state index is 5.53. The van der Waals surface area contributed by atoms with Crippen molar-refractivity contribution >= 4 is 0 Å². The predicted molar refractivity (Wildman–Crippen MR) is 67.8 cm³/mol. The topological polar surface area (TPSA) is 41.3 Å². The fourth-order valence-corrected chi connectivity index (χ4v) is 2.61. The lowest BCUT2D eigenvalue weighted by Gasteiger charge is -2.36. The molecule has 1 aliphatic heterocycles. The zero-order valence-corrected chi connectivity index (χ0v) is 11.1. The lowest BCUT2D eigenvalue weighted by Crippen LogP contribution is -2.47. The molecule has 1 aromatic heterocycles. The molecule has 17 heavy (non-hydrogen) atoms. The first-order valence-corrected chi connectivity index (χ1v) is 6.56. The standard InChI is InChI=1S/C13H23N3O/c1-4-14-12-5-6-16(8-10(12)2)9-13-15-7-11(3)17-13/h7,10,12,14H,4-6,8-9H2,1-3H3. The molecule has 1 aromatic rings. The van der Waals surface area contributed by atoms with E-state index in [4.69, 9.17) is 4.42 Å². The molecule has 0 amide bonds. The highest BCUT2D eigenvalue weighted by atomic mass is 16.4. The maximum absolute atomic E-state index is 5.53. The highest BCUT2D eigenvalue weighted by Gasteiger charge is 2.25. The maximum Gasteiger partial charge on any atom is 0.208 e. The highest BCUT2D eigenvalue weighted by molar-refractivity contribution is 4.92. The minimum Gasteiger partial charge on any atom is -0.445 e. The molecule has 0 aromatic carbocycles. The zero-order chi connectivity index (χ0) is 12.3. The molecule has 0 spiro atoms.